The Labute approximate surface area is 79.2 Å². The molecule has 0 saturated heterocycles. The van der Waals surface area contributed by atoms with Gasteiger partial charge in [0.2, 0.25) is 0 Å². The molecule has 13 heavy (non-hydrogen) atoms. The SMILES string of the molecule is N#CCC#Cc1csc(C(=O)O)c1. The van der Waals surface area contributed by atoms with Crippen molar-refractivity contribution in [2.24, 2.45) is 0 Å². The van der Waals surface area contributed by atoms with Crippen molar-refractivity contribution in [3.8, 4) is 17.9 Å². The number of nitriles is 1. The summed E-state index contributed by atoms with van der Waals surface area (Å²) in [4.78, 5) is 10.7. The van der Waals surface area contributed by atoms with Crippen LogP contribution in [0.25, 0.3) is 0 Å². The molecule has 4 heteroatoms. The number of carboxylic acids is 1. The Morgan fingerprint density at radius 2 is 2.46 bits per heavy atom. The number of aromatic carboxylic acids is 1. The lowest BCUT2D eigenvalue weighted by atomic mass is 10.3. The van der Waals surface area contributed by atoms with Gasteiger partial charge in [-0.15, -0.1) is 11.3 Å². The van der Waals surface area contributed by atoms with Crippen molar-refractivity contribution in [2.75, 3.05) is 0 Å². The lowest BCUT2D eigenvalue weighted by molar-refractivity contribution is 0.0702. The van der Waals surface area contributed by atoms with Crippen molar-refractivity contribution in [2.45, 2.75) is 6.42 Å². The number of hydrogen-bond donors (Lipinski definition) is 1. The Hall–Kier alpha value is -1.78. The second-order valence-electron chi connectivity index (χ2n) is 2.14. The third-order valence-electron chi connectivity index (χ3n) is 1.21. The molecule has 0 atom stereocenters. The highest BCUT2D eigenvalue weighted by molar-refractivity contribution is 7.12. The topological polar surface area (TPSA) is 61.1 Å². The van der Waals surface area contributed by atoms with Crippen LogP contribution in [0.4, 0.5) is 0 Å². The molecule has 0 spiro atoms. The maximum atomic E-state index is 10.5. The first kappa shape index (κ1) is 9.31. The molecule has 0 amide bonds. The average molecular weight is 191 g/mol. The molecule has 0 fully saturated rings. The van der Waals surface area contributed by atoms with E-state index in [1.54, 1.807) is 5.38 Å². The fourth-order valence-electron chi connectivity index (χ4n) is 0.700. The van der Waals surface area contributed by atoms with E-state index in [-0.39, 0.29) is 11.3 Å². The van der Waals surface area contributed by atoms with Crippen LogP contribution in [0, 0.1) is 23.2 Å². The number of carboxylic acid groups (broad SMARTS) is 1. The molecule has 1 heterocycles. The van der Waals surface area contributed by atoms with Crippen LogP contribution in [0.2, 0.25) is 0 Å². The van der Waals surface area contributed by atoms with Crippen LogP contribution in [0.15, 0.2) is 11.4 Å². The molecule has 64 valence electrons. The van der Waals surface area contributed by atoms with Gasteiger partial charge in [-0.1, -0.05) is 11.8 Å². The summed E-state index contributed by atoms with van der Waals surface area (Å²) in [6.45, 7) is 0. The van der Waals surface area contributed by atoms with Crippen molar-refractivity contribution in [3.05, 3.63) is 21.9 Å². The summed E-state index contributed by atoms with van der Waals surface area (Å²) in [6, 6.07) is 3.38. The van der Waals surface area contributed by atoms with Crippen molar-refractivity contribution in [3.63, 3.8) is 0 Å². The molecule has 0 aliphatic carbocycles. The minimum atomic E-state index is -0.946. The Morgan fingerprint density at radius 3 is 3.00 bits per heavy atom. The second kappa shape index (κ2) is 4.30. The predicted octanol–water partition coefficient (Wildman–Crippen LogP) is 1.71. The van der Waals surface area contributed by atoms with Gasteiger partial charge in [-0.05, 0) is 6.07 Å². The van der Waals surface area contributed by atoms with E-state index in [2.05, 4.69) is 11.8 Å². The minimum Gasteiger partial charge on any atom is -0.477 e. The summed E-state index contributed by atoms with van der Waals surface area (Å²) in [5.41, 5.74) is 0.651. The fourth-order valence-corrected chi connectivity index (χ4v) is 1.38. The first-order valence-electron chi connectivity index (χ1n) is 3.41. The Bertz CT molecular complexity index is 417. The third-order valence-corrected chi connectivity index (χ3v) is 2.13. The molecule has 0 aromatic carbocycles. The van der Waals surface area contributed by atoms with Crippen molar-refractivity contribution in [1.82, 2.24) is 0 Å². The average Bonchev–Trinajstić information content (AvgIpc) is 2.53. The van der Waals surface area contributed by atoms with Crippen LogP contribution < -0.4 is 0 Å². The highest BCUT2D eigenvalue weighted by Crippen LogP contribution is 2.13. The number of thiophene rings is 1. The lowest BCUT2D eigenvalue weighted by Crippen LogP contribution is -1.89. The van der Waals surface area contributed by atoms with Crippen LogP contribution in [0.5, 0.6) is 0 Å². The molecular formula is C9H5NO2S. The lowest BCUT2D eigenvalue weighted by Gasteiger charge is -1.80. The van der Waals surface area contributed by atoms with Crippen molar-refractivity contribution < 1.29 is 9.90 Å². The summed E-state index contributed by atoms with van der Waals surface area (Å²) in [5.74, 6) is 4.36. The van der Waals surface area contributed by atoms with Crippen molar-refractivity contribution in [1.29, 1.82) is 5.26 Å². The normalized spacial score (nSPS) is 8.23. The molecule has 0 radical (unpaired) electrons. The summed E-state index contributed by atoms with van der Waals surface area (Å²) < 4.78 is 0. The molecule has 1 aromatic heterocycles. The van der Waals surface area contributed by atoms with Crippen molar-refractivity contribution >= 4 is 17.3 Å². The fraction of sp³-hybridized carbons (Fsp3) is 0.111. The molecule has 0 aliphatic rings. The van der Waals surface area contributed by atoms with Crippen LogP contribution in [-0.2, 0) is 0 Å². The minimum absolute atomic E-state index is 0.165. The number of hydrogen-bond acceptors (Lipinski definition) is 3. The van der Waals surface area contributed by atoms with Gasteiger partial charge in [-0.25, -0.2) is 4.79 Å². The summed E-state index contributed by atoms with van der Waals surface area (Å²) in [6.07, 6.45) is 0.165. The largest absolute Gasteiger partial charge is 0.477 e. The van der Waals surface area contributed by atoms with E-state index in [0.29, 0.717) is 5.56 Å². The zero-order chi connectivity index (χ0) is 9.68. The van der Waals surface area contributed by atoms with Crippen LogP contribution in [0.1, 0.15) is 21.7 Å². The van der Waals surface area contributed by atoms with E-state index in [1.165, 1.54) is 6.07 Å². The molecule has 1 N–H and O–H groups in total. The van der Waals surface area contributed by atoms with E-state index >= 15 is 0 Å². The molecular weight excluding hydrogens is 186 g/mol. The van der Waals surface area contributed by atoms with E-state index in [0.717, 1.165) is 11.3 Å². The van der Waals surface area contributed by atoms with Gasteiger partial charge in [0.25, 0.3) is 0 Å². The zero-order valence-electron chi connectivity index (χ0n) is 6.57. The molecule has 0 aliphatic heterocycles. The van der Waals surface area contributed by atoms with Crippen LogP contribution in [-0.4, -0.2) is 11.1 Å². The van der Waals surface area contributed by atoms with E-state index in [9.17, 15) is 4.79 Å². The van der Waals surface area contributed by atoms with Gasteiger partial charge in [0.15, 0.2) is 0 Å². The molecule has 0 saturated carbocycles. The highest BCUT2D eigenvalue weighted by atomic mass is 32.1. The monoisotopic (exact) mass is 191 g/mol. The van der Waals surface area contributed by atoms with E-state index < -0.39 is 5.97 Å². The highest BCUT2D eigenvalue weighted by Gasteiger charge is 2.04. The maximum absolute atomic E-state index is 10.5. The molecule has 0 bridgehead atoms. The zero-order valence-corrected chi connectivity index (χ0v) is 7.39. The van der Waals surface area contributed by atoms with Gasteiger partial charge >= 0.3 is 5.97 Å². The van der Waals surface area contributed by atoms with Gasteiger partial charge < -0.3 is 5.11 Å². The van der Waals surface area contributed by atoms with Crippen LogP contribution in [0.3, 0.4) is 0 Å². The Kier molecular flexibility index (Phi) is 3.08. The molecule has 0 unspecified atom stereocenters. The molecule has 3 nitrogen and oxygen atoms in total. The standard InChI is InChI=1S/C9H5NO2S/c10-4-2-1-3-7-5-8(9(11)12)13-6-7/h5-6H,2H2,(H,11,12). The Balaban J connectivity index is 2.78. The van der Waals surface area contributed by atoms with Gasteiger partial charge in [0.05, 0.1) is 12.5 Å². The number of rotatable bonds is 1. The second-order valence-corrected chi connectivity index (χ2v) is 3.05. The predicted molar refractivity (Wildman–Crippen MR) is 48.4 cm³/mol. The molecule has 1 aromatic rings. The summed E-state index contributed by atoms with van der Waals surface area (Å²) in [7, 11) is 0. The van der Waals surface area contributed by atoms with Gasteiger partial charge in [0.1, 0.15) is 4.88 Å². The van der Waals surface area contributed by atoms with Gasteiger partial charge in [-0.2, -0.15) is 5.26 Å². The third kappa shape index (κ3) is 2.62. The number of nitrogens with zero attached hydrogens (tertiary/aromatic N) is 1. The van der Waals surface area contributed by atoms with Gasteiger partial charge in [0, 0.05) is 10.9 Å². The number of carbonyl (C=O) groups is 1. The first-order valence-corrected chi connectivity index (χ1v) is 4.29. The maximum Gasteiger partial charge on any atom is 0.345 e. The quantitative estimate of drug-likeness (QED) is 0.687. The first-order chi connectivity index (χ1) is 6.24. The van der Waals surface area contributed by atoms with E-state index in [1.807, 2.05) is 6.07 Å². The Morgan fingerprint density at radius 1 is 1.69 bits per heavy atom. The van der Waals surface area contributed by atoms with E-state index in [4.69, 9.17) is 10.4 Å². The molecule has 1 rings (SSSR count). The van der Waals surface area contributed by atoms with Crippen LogP contribution >= 0.6 is 11.3 Å². The summed E-state index contributed by atoms with van der Waals surface area (Å²) >= 11 is 1.13. The summed E-state index contributed by atoms with van der Waals surface area (Å²) in [5, 5.41) is 18.4. The van der Waals surface area contributed by atoms with Gasteiger partial charge in [-0.3, -0.25) is 0 Å². The smallest absolute Gasteiger partial charge is 0.345 e.